The SMILES string of the molecule is COc1ccc(F)cc1-c1ncsc1C#N. The zero-order valence-electron chi connectivity index (χ0n) is 8.40. The largest absolute Gasteiger partial charge is 0.496 e. The summed E-state index contributed by atoms with van der Waals surface area (Å²) in [4.78, 5) is 4.50. The second kappa shape index (κ2) is 4.29. The number of methoxy groups -OCH3 is 1. The Hall–Kier alpha value is -1.93. The summed E-state index contributed by atoms with van der Waals surface area (Å²) < 4.78 is 18.3. The summed E-state index contributed by atoms with van der Waals surface area (Å²) in [5.41, 5.74) is 2.52. The highest BCUT2D eigenvalue weighted by Gasteiger charge is 2.14. The van der Waals surface area contributed by atoms with Crippen molar-refractivity contribution in [3.63, 3.8) is 0 Å². The number of rotatable bonds is 2. The second-order valence-corrected chi connectivity index (χ2v) is 3.84. The lowest BCUT2D eigenvalue weighted by molar-refractivity contribution is 0.415. The van der Waals surface area contributed by atoms with Gasteiger partial charge >= 0.3 is 0 Å². The molecule has 0 fully saturated rings. The van der Waals surface area contributed by atoms with Crippen molar-refractivity contribution in [2.24, 2.45) is 0 Å². The average Bonchev–Trinajstić information content (AvgIpc) is 2.76. The van der Waals surface area contributed by atoms with Crippen LogP contribution in [-0.4, -0.2) is 12.1 Å². The van der Waals surface area contributed by atoms with Crippen molar-refractivity contribution in [2.75, 3.05) is 7.11 Å². The molecule has 0 amide bonds. The third-order valence-electron chi connectivity index (χ3n) is 2.09. The zero-order chi connectivity index (χ0) is 11.5. The maximum Gasteiger partial charge on any atom is 0.132 e. The van der Waals surface area contributed by atoms with Crippen LogP contribution in [0.3, 0.4) is 0 Å². The Morgan fingerprint density at radius 2 is 2.31 bits per heavy atom. The van der Waals surface area contributed by atoms with Crippen molar-refractivity contribution < 1.29 is 9.13 Å². The molecule has 2 aromatic rings. The standard InChI is InChI=1S/C11H7FN2OS/c1-15-9-3-2-7(12)4-8(9)11-10(5-13)16-6-14-11/h2-4,6H,1H3. The lowest BCUT2D eigenvalue weighted by Gasteiger charge is -2.06. The predicted octanol–water partition coefficient (Wildman–Crippen LogP) is 2.83. The predicted molar refractivity (Wildman–Crippen MR) is 58.8 cm³/mol. The molecule has 80 valence electrons. The minimum atomic E-state index is -0.382. The van der Waals surface area contributed by atoms with Crippen molar-refractivity contribution in [1.82, 2.24) is 4.98 Å². The number of thiazole rings is 1. The van der Waals surface area contributed by atoms with Gasteiger partial charge in [-0.3, -0.25) is 0 Å². The summed E-state index contributed by atoms with van der Waals surface area (Å²) in [5, 5.41) is 8.89. The van der Waals surface area contributed by atoms with Crippen LogP contribution < -0.4 is 4.74 Å². The molecular formula is C11H7FN2OS. The Morgan fingerprint density at radius 1 is 1.50 bits per heavy atom. The zero-order valence-corrected chi connectivity index (χ0v) is 9.21. The van der Waals surface area contributed by atoms with E-state index < -0.39 is 0 Å². The number of aromatic nitrogens is 1. The van der Waals surface area contributed by atoms with E-state index in [0.717, 1.165) is 0 Å². The second-order valence-electron chi connectivity index (χ2n) is 2.99. The third kappa shape index (κ3) is 1.75. The van der Waals surface area contributed by atoms with Gasteiger partial charge in [-0.05, 0) is 18.2 Å². The third-order valence-corrected chi connectivity index (χ3v) is 2.82. The summed E-state index contributed by atoms with van der Waals surface area (Å²) >= 11 is 1.22. The monoisotopic (exact) mass is 234 g/mol. The van der Waals surface area contributed by atoms with E-state index in [1.54, 1.807) is 5.51 Å². The lowest BCUT2D eigenvalue weighted by Crippen LogP contribution is -1.90. The fourth-order valence-corrected chi connectivity index (χ4v) is 1.97. The number of halogens is 1. The minimum absolute atomic E-state index is 0.382. The van der Waals surface area contributed by atoms with E-state index >= 15 is 0 Å². The quantitative estimate of drug-likeness (QED) is 0.802. The topological polar surface area (TPSA) is 45.9 Å². The number of nitrogens with zero attached hydrogens (tertiary/aromatic N) is 2. The van der Waals surface area contributed by atoms with Gasteiger partial charge in [-0.25, -0.2) is 9.37 Å². The number of ether oxygens (including phenoxy) is 1. The van der Waals surface area contributed by atoms with E-state index in [9.17, 15) is 4.39 Å². The van der Waals surface area contributed by atoms with Gasteiger partial charge in [0.2, 0.25) is 0 Å². The van der Waals surface area contributed by atoms with Gasteiger partial charge in [-0.2, -0.15) is 5.26 Å². The van der Waals surface area contributed by atoms with Crippen molar-refractivity contribution in [3.05, 3.63) is 34.4 Å². The highest BCUT2D eigenvalue weighted by atomic mass is 32.1. The number of hydrogen-bond acceptors (Lipinski definition) is 4. The van der Waals surface area contributed by atoms with E-state index in [1.165, 1.54) is 36.6 Å². The average molecular weight is 234 g/mol. The first-order chi connectivity index (χ1) is 7.76. The molecular weight excluding hydrogens is 227 g/mol. The van der Waals surface area contributed by atoms with Crippen LogP contribution in [0, 0.1) is 17.1 Å². The lowest BCUT2D eigenvalue weighted by atomic mass is 10.1. The number of hydrogen-bond donors (Lipinski definition) is 0. The molecule has 0 saturated carbocycles. The first kappa shape index (κ1) is 10.6. The molecule has 0 saturated heterocycles. The summed E-state index contributed by atoms with van der Waals surface area (Å²) in [5.74, 6) is 0.122. The van der Waals surface area contributed by atoms with Gasteiger partial charge in [0.1, 0.15) is 28.2 Å². The Morgan fingerprint density at radius 3 is 3.00 bits per heavy atom. The Labute approximate surface area is 95.8 Å². The van der Waals surface area contributed by atoms with Crippen LogP contribution in [0.2, 0.25) is 0 Å². The smallest absolute Gasteiger partial charge is 0.132 e. The molecule has 1 aromatic carbocycles. The molecule has 0 bridgehead atoms. The van der Waals surface area contributed by atoms with Crippen molar-refractivity contribution in [3.8, 4) is 23.1 Å². The van der Waals surface area contributed by atoms with Crippen molar-refractivity contribution in [1.29, 1.82) is 5.26 Å². The molecule has 0 N–H and O–H groups in total. The summed E-state index contributed by atoms with van der Waals surface area (Å²) in [6.07, 6.45) is 0. The summed E-state index contributed by atoms with van der Waals surface area (Å²) in [6, 6.07) is 6.16. The van der Waals surface area contributed by atoms with Crippen molar-refractivity contribution >= 4 is 11.3 Å². The molecule has 0 aliphatic heterocycles. The maximum atomic E-state index is 13.1. The summed E-state index contributed by atoms with van der Waals surface area (Å²) in [6.45, 7) is 0. The molecule has 0 aliphatic rings. The number of benzene rings is 1. The van der Waals surface area contributed by atoms with Crippen LogP contribution in [0.15, 0.2) is 23.7 Å². The molecule has 2 rings (SSSR count). The normalized spacial score (nSPS) is 9.81. The van der Waals surface area contributed by atoms with Crippen LogP contribution in [0.4, 0.5) is 4.39 Å². The Bertz CT molecular complexity index is 559. The number of nitriles is 1. The maximum absolute atomic E-state index is 13.1. The van der Waals surface area contributed by atoms with Gasteiger partial charge < -0.3 is 4.74 Å². The molecule has 0 aliphatic carbocycles. The first-order valence-corrected chi connectivity index (χ1v) is 5.31. The molecule has 0 radical (unpaired) electrons. The Balaban J connectivity index is 2.63. The van der Waals surface area contributed by atoms with E-state index in [2.05, 4.69) is 4.98 Å². The van der Waals surface area contributed by atoms with E-state index in [0.29, 0.717) is 21.9 Å². The molecule has 5 heteroatoms. The van der Waals surface area contributed by atoms with Crippen LogP contribution in [0.25, 0.3) is 11.3 Å². The fourth-order valence-electron chi connectivity index (χ4n) is 1.38. The molecule has 1 aromatic heterocycles. The molecule has 3 nitrogen and oxygen atoms in total. The van der Waals surface area contributed by atoms with E-state index in [4.69, 9.17) is 10.00 Å². The highest BCUT2D eigenvalue weighted by molar-refractivity contribution is 7.10. The van der Waals surface area contributed by atoms with Gasteiger partial charge in [-0.1, -0.05) is 0 Å². The molecule has 16 heavy (non-hydrogen) atoms. The highest BCUT2D eigenvalue weighted by Crippen LogP contribution is 2.33. The molecule has 0 unspecified atom stereocenters. The van der Waals surface area contributed by atoms with Crippen LogP contribution in [0.5, 0.6) is 5.75 Å². The molecule has 1 heterocycles. The van der Waals surface area contributed by atoms with E-state index in [1.807, 2.05) is 6.07 Å². The van der Waals surface area contributed by atoms with E-state index in [-0.39, 0.29) is 5.82 Å². The molecule has 0 atom stereocenters. The van der Waals surface area contributed by atoms with Gasteiger partial charge in [0, 0.05) is 5.56 Å². The van der Waals surface area contributed by atoms with Gasteiger partial charge in [-0.15, -0.1) is 11.3 Å². The summed E-state index contributed by atoms with van der Waals surface area (Å²) in [7, 11) is 1.50. The van der Waals surface area contributed by atoms with Gasteiger partial charge in [0.15, 0.2) is 0 Å². The van der Waals surface area contributed by atoms with Crippen LogP contribution in [-0.2, 0) is 0 Å². The van der Waals surface area contributed by atoms with Crippen LogP contribution in [0.1, 0.15) is 4.88 Å². The van der Waals surface area contributed by atoms with Crippen LogP contribution >= 0.6 is 11.3 Å². The first-order valence-electron chi connectivity index (χ1n) is 4.43. The Kier molecular flexibility index (Phi) is 2.84. The molecule has 0 spiro atoms. The van der Waals surface area contributed by atoms with Crippen molar-refractivity contribution in [2.45, 2.75) is 0 Å². The van der Waals surface area contributed by atoms with Gasteiger partial charge in [0.05, 0.1) is 12.6 Å². The van der Waals surface area contributed by atoms with Gasteiger partial charge in [0.25, 0.3) is 0 Å². The minimum Gasteiger partial charge on any atom is -0.496 e. The fraction of sp³-hybridized carbons (Fsp3) is 0.0909.